The zero-order valence-electron chi connectivity index (χ0n) is 11.5. The predicted octanol–water partition coefficient (Wildman–Crippen LogP) is 1.05. The van der Waals surface area contributed by atoms with Crippen LogP contribution in [0.15, 0.2) is 4.52 Å². The molecule has 0 spiro atoms. The van der Waals surface area contributed by atoms with Gasteiger partial charge in [0.1, 0.15) is 0 Å². The average Bonchev–Trinajstić information content (AvgIpc) is 2.91. The minimum Gasteiger partial charge on any atom is -0.339 e. The third-order valence-electron chi connectivity index (χ3n) is 4.26. The van der Waals surface area contributed by atoms with Crippen molar-refractivity contribution >= 4 is 9.84 Å². The summed E-state index contributed by atoms with van der Waals surface area (Å²) in [5.74, 6) is 1.79. The van der Waals surface area contributed by atoms with E-state index in [2.05, 4.69) is 15.5 Å². The highest BCUT2D eigenvalue weighted by Crippen LogP contribution is 2.24. The molecule has 6 nitrogen and oxygen atoms in total. The first-order valence-corrected chi connectivity index (χ1v) is 9.11. The van der Waals surface area contributed by atoms with Gasteiger partial charge in [-0.3, -0.25) is 0 Å². The maximum absolute atomic E-state index is 12.0. The summed E-state index contributed by atoms with van der Waals surface area (Å²) in [6.45, 7) is 1.92. The molecule has 1 N–H and O–H groups in total. The van der Waals surface area contributed by atoms with Gasteiger partial charge < -0.3 is 9.84 Å². The molecule has 0 amide bonds. The summed E-state index contributed by atoms with van der Waals surface area (Å²) in [4.78, 5) is 4.41. The standard InChI is InChI=1S/C13H21N3O3S/c17-20(18)7-2-1-5-11(20)8-12-15-13(16-19-12)10-4-3-6-14-9-10/h10-11,14H,1-9H2. The van der Waals surface area contributed by atoms with Gasteiger partial charge in [-0.1, -0.05) is 11.6 Å². The average molecular weight is 299 g/mol. The van der Waals surface area contributed by atoms with E-state index in [0.717, 1.165) is 44.6 Å². The Kier molecular flexibility index (Phi) is 4.07. The second-order valence-corrected chi connectivity index (χ2v) is 8.18. The number of sulfone groups is 1. The fourth-order valence-corrected chi connectivity index (χ4v) is 4.90. The Morgan fingerprint density at radius 1 is 1.25 bits per heavy atom. The van der Waals surface area contributed by atoms with Crippen LogP contribution in [0.3, 0.4) is 0 Å². The SMILES string of the molecule is O=S1(=O)CCCCC1Cc1nc(C2CCCNC2)no1. The largest absolute Gasteiger partial charge is 0.339 e. The van der Waals surface area contributed by atoms with Crippen molar-refractivity contribution in [3.8, 4) is 0 Å². The van der Waals surface area contributed by atoms with E-state index in [9.17, 15) is 8.42 Å². The molecule has 3 heterocycles. The highest BCUT2D eigenvalue weighted by atomic mass is 32.2. The zero-order chi connectivity index (χ0) is 14.0. The van der Waals surface area contributed by atoms with E-state index >= 15 is 0 Å². The summed E-state index contributed by atoms with van der Waals surface area (Å²) < 4.78 is 29.3. The number of piperidine rings is 1. The Bertz CT molecular complexity index is 549. The minimum atomic E-state index is -2.98. The summed E-state index contributed by atoms with van der Waals surface area (Å²) in [6, 6.07) is 0. The molecule has 2 aliphatic rings. The lowest BCUT2D eigenvalue weighted by Gasteiger charge is -2.20. The van der Waals surface area contributed by atoms with Gasteiger partial charge in [0.25, 0.3) is 0 Å². The second kappa shape index (κ2) is 5.81. The van der Waals surface area contributed by atoms with E-state index in [1.54, 1.807) is 0 Å². The maximum Gasteiger partial charge on any atom is 0.227 e. The molecule has 2 saturated heterocycles. The van der Waals surface area contributed by atoms with Crippen molar-refractivity contribution in [3.63, 3.8) is 0 Å². The van der Waals surface area contributed by atoms with Crippen LogP contribution in [-0.2, 0) is 16.3 Å². The molecule has 112 valence electrons. The van der Waals surface area contributed by atoms with Gasteiger partial charge in [-0.15, -0.1) is 0 Å². The molecule has 2 atom stereocenters. The van der Waals surface area contributed by atoms with Gasteiger partial charge in [-0.05, 0) is 32.2 Å². The summed E-state index contributed by atoms with van der Waals surface area (Å²) in [5, 5.41) is 7.01. The molecule has 2 unspecified atom stereocenters. The molecule has 7 heteroatoms. The summed E-state index contributed by atoms with van der Waals surface area (Å²) >= 11 is 0. The smallest absolute Gasteiger partial charge is 0.227 e. The molecule has 2 aliphatic heterocycles. The zero-order valence-corrected chi connectivity index (χ0v) is 12.4. The molecular formula is C13H21N3O3S. The van der Waals surface area contributed by atoms with Gasteiger partial charge in [0.15, 0.2) is 15.7 Å². The molecule has 0 aliphatic carbocycles. The molecule has 0 aromatic carbocycles. The normalized spacial score (nSPS) is 30.2. The fraction of sp³-hybridized carbons (Fsp3) is 0.846. The third kappa shape index (κ3) is 3.03. The van der Waals surface area contributed by atoms with Crippen LogP contribution in [0.5, 0.6) is 0 Å². The Balaban J connectivity index is 1.67. The molecule has 3 rings (SSSR count). The number of hydrogen-bond donors (Lipinski definition) is 1. The van der Waals surface area contributed by atoms with Crippen molar-refractivity contribution in [1.29, 1.82) is 0 Å². The van der Waals surface area contributed by atoms with Crippen LogP contribution in [0.1, 0.15) is 49.7 Å². The van der Waals surface area contributed by atoms with Crippen LogP contribution in [0.4, 0.5) is 0 Å². The minimum absolute atomic E-state index is 0.296. The molecule has 2 fully saturated rings. The third-order valence-corrected chi connectivity index (χ3v) is 6.54. The number of nitrogens with one attached hydrogen (secondary N) is 1. The van der Waals surface area contributed by atoms with E-state index in [1.807, 2.05) is 0 Å². The quantitative estimate of drug-likeness (QED) is 0.898. The van der Waals surface area contributed by atoms with Crippen LogP contribution in [0.25, 0.3) is 0 Å². The Morgan fingerprint density at radius 2 is 2.15 bits per heavy atom. The number of hydrogen-bond acceptors (Lipinski definition) is 6. The predicted molar refractivity (Wildman–Crippen MR) is 74.3 cm³/mol. The lowest BCUT2D eigenvalue weighted by atomic mass is 9.99. The van der Waals surface area contributed by atoms with Crippen LogP contribution in [-0.4, -0.2) is 42.7 Å². The van der Waals surface area contributed by atoms with Gasteiger partial charge >= 0.3 is 0 Å². The summed E-state index contributed by atoms with van der Waals surface area (Å²) in [7, 11) is -2.98. The van der Waals surface area contributed by atoms with E-state index in [-0.39, 0.29) is 5.25 Å². The molecule has 1 aromatic heterocycles. The first kappa shape index (κ1) is 14.0. The lowest BCUT2D eigenvalue weighted by Crippen LogP contribution is -2.30. The number of aromatic nitrogens is 2. The van der Waals surface area contributed by atoms with E-state index < -0.39 is 9.84 Å². The van der Waals surface area contributed by atoms with Gasteiger partial charge in [-0.2, -0.15) is 4.98 Å². The fourth-order valence-electron chi connectivity index (χ4n) is 3.03. The number of nitrogens with zero attached hydrogens (tertiary/aromatic N) is 2. The molecule has 20 heavy (non-hydrogen) atoms. The van der Waals surface area contributed by atoms with Gasteiger partial charge in [0.2, 0.25) is 5.89 Å². The van der Waals surface area contributed by atoms with Gasteiger partial charge in [-0.25, -0.2) is 8.42 Å². The van der Waals surface area contributed by atoms with Crippen molar-refractivity contribution in [1.82, 2.24) is 15.5 Å². The van der Waals surface area contributed by atoms with E-state index in [4.69, 9.17) is 4.52 Å². The Hall–Kier alpha value is -0.950. The van der Waals surface area contributed by atoms with E-state index in [1.165, 1.54) is 0 Å². The lowest BCUT2D eigenvalue weighted by molar-refractivity contribution is 0.356. The van der Waals surface area contributed by atoms with Crippen molar-refractivity contribution in [2.24, 2.45) is 0 Å². The molecule has 0 saturated carbocycles. The van der Waals surface area contributed by atoms with Crippen molar-refractivity contribution in [2.75, 3.05) is 18.8 Å². The highest BCUT2D eigenvalue weighted by Gasteiger charge is 2.31. The van der Waals surface area contributed by atoms with Crippen molar-refractivity contribution < 1.29 is 12.9 Å². The van der Waals surface area contributed by atoms with Gasteiger partial charge in [0, 0.05) is 18.9 Å². The topological polar surface area (TPSA) is 85.1 Å². The van der Waals surface area contributed by atoms with Crippen LogP contribution >= 0.6 is 0 Å². The number of rotatable bonds is 3. The van der Waals surface area contributed by atoms with Crippen LogP contribution in [0.2, 0.25) is 0 Å². The van der Waals surface area contributed by atoms with E-state index in [0.29, 0.717) is 30.4 Å². The molecule has 0 bridgehead atoms. The highest BCUT2D eigenvalue weighted by molar-refractivity contribution is 7.92. The first-order valence-electron chi connectivity index (χ1n) is 7.40. The molecular weight excluding hydrogens is 278 g/mol. The Labute approximate surface area is 119 Å². The van der Waals surface area contributed by atoms with Gasteiger partial charge in [0.05, 0.1) is 11.0 Å². The van der Waals surface area contributed by atoms with Crippen molar-refractivity contribution in [2.45, 2.75) is 49.7 Å². The van der Waals surface area contributed by atoms with Crippen LogP contribution < -0.4 is 5.32 Å². The summed E-state index contributed by atoms with van der Waals surface area (Å²) in [6.07, 6.45) is 5.01. The molecule has 1 aromatic rings. The first-order chi connectivity index (χ1) is 9.65. The second-order valence-electron chi connectivity index (χ2n) is 5.78. The Morgan fingerprint density at radius 3 is 2.90 bits per heavy atom. The molecule has 0 radical (unpaired) electrons. The van der Waals surface area contributed by atoms with Crippen LogP contribution in [0, 0.1) is 0 Å². The van der Waals surface area contributed by atoms with Crippen molar-refractivity contribution in [3.05, 3.63) is 11.7 Å². The summed E-state index contributed by atoms with van der Waals surface area (Å²) in [5.41, 5.74) is 0. The maximum atomic E-state index is 12.0. The monoisotopic (exact) mass is 299 g/mol.